The van der Waals surface area contributed by atoms with Crippen molar-refractivity contribution >= 4 is 17.9 Å². The third-order valence-electron chi connectivity index (χ3n) is 3.52. The predicted octanol–water partition coefficient (Wildman–Crippen LogP) is -0.746. The first-order valence-corrected chi connectivity index (χ1v) is 8.14. The van der Waals surface area contributed by atoms with E-state index >= 15 is 0 Å². The standard InChI is InChI=1S/C18H26O11/c1-10(2)13(22)26-16(25)29-18(27-14(23)11(3)4,28-15(24)12(5)6)17(7-19,8-20)9-21/h16,19-21,25H,1,3,5,7-9H2,2,4,6H3. The molecule has 0 fully saturated rings. The van der Waals surface area contributed by atoms with Gasteiger partial charge in [0.05, 0.1) is 19.8 Å². The summed E-state index contributed by atoms with van der Waals surface area (Å²) in [5.41, 5.74) is -3.03. The van der Waals surface area contributed by atoms with Crippen LogP contribution in [0.3, 0.4) is 0 Å². The van der Waals surface area contributed by atoms with Crippen LogP contribution in [-0.4, -0.2) is 70.6 Å². The van der Waals surface area contributed by atoms with Crippen LogP contribution in [0, 0.1) is 5.41 Å². The van der Waals surface area contributed by atoms with E-state index in [9.17, 15) is 34.8 Å². The Morgan fingerprint density at radius 1 is 0.793 bits per heavy atom. The molecule has 0 aliphatic rings. The van der Waals surface area contributed by atoms with Crippen molar-refractivity contribution in [1.82, 2.24) is 0 Å². The lowest BCUT2D eigenvalue weighted by atomic mass is 9.87. The molecule has 0 bridgehead atoms. The molecule has 29 heavy (non-hydrogen) atoms. The molecule has 0 aliphatic carbocycles. The molecule has 1 atom stereocenters. The van der Waals surface area contributed by atoms with Gasteiger partial charge >= 0.3 is 30.4 Å². The van der Waals surface area contributed by atoms with Gasteiger partial charge in [-0.05, 0) is 20.8 Å². The van der Waals surface area contributed by atoms with Crippen LogP contribution in [0.25, 0.3) is 0 Å². The molecule has 1 unspecified atom stereocenters. The fraction of sp³-hybridized carbons (Fsp3) is 0.500. The Labute approximate surface area is 167 Å². The van der Waals surface area contributed by atoms with E-state index in [-0.39, 0.29) is 16.7 Å². The Kier molecular flexibility index (Phi) is 9.87. The number of hydrogen-bond acceptors (Lipinski definition) is 11. The van der Waals surface area contributed by atoms with E-state index < -0.39 is 55.6 Å². The Morgan fingerprint density at radius 3 is 1.41 bits per heavy atom. The topological polar surface area (TPSA) is 169 Å². The van der Waals surface area contributed by atoms with Crippen molar-refractivity contribution < 1.29 is 53.8 Å². The highest BCUT2D eigenvalue weighted by atomic mass is 17.0. The van der Waals surface area contributed by atoms with Crippen LogP contribution in [0.2, 0.25) is 0 Å². The summed E-state index contributed by atoms with van der Waals surface area (Å²) in [6.45, 7) is 7.57. The lowest BCUT2D eigenvalue weighted by Gasteiger charge is -2.44. The van der Waals surface area contributed by atoms with E-state index in [2.05, 4.69) is 24.5 Å². The molecule has 0 rings (SSSR count). The van der Waals surface area contributed by atoms with Crippen molar-refractivity contribution in [2.75, 3.05) is 19.8 Å². The fourth-order valence-electron chi connectivity index (χ4n) is 1.62. The van der Waals surface area contributed by atoms with Gasteiger partial charge in [0.25, 0.3) is 0 Å². The summed E-state index contributed by atoms with van der Waals surface area (Å²) in [5.74, 6) is -6.80. The zero-order valence-electron chi connectivity index (χ0n) is 16.5. The maximum absolute atomic E-state index is 12.2. The number of aliphatic hydroxyl groups excluding tert-OH is 4. The first kappa shape index (κ1) is 26.4. The number of ether oxygens (including phenoxy) is 4. The van der Waals surface area contributed by atoms with Gasteiger partial charge in [0, 0.05) is 16.7 Å². The predicted molar refractivity (Wildman–Crippen MR) is 96.2 cm³/mol. The normalized spacial score (nSPS) is 12.5. The lowest BCUT2D eigenvalue weighted by Crippen LogP contribution is -2.63. The maximum atomic E-state index is 12.2. The van der Waals surface area contributed by atoms with E-state index in [0.29, 0.717) is 0 Å². The second-order valence-corrected chi connectivity index (χ2v) is 6.26. The molecule has 0 heterocycles. The molecule has 0 aliphatic heterocycles. The highest BCUT2D eigenvalue weighted by molar-refractivity contribution is 5.89. The van der Waals surface area contributed by atoms with Crippen LogP contribution in [0.5, 0.6) is 0 Å². The van der Waals surface area contributed by atoms with Crippen LogP contribution in [-0.2, 0) is 33.3 Å². The number of carbonyl (C=O) groups is 3. The summed E-state index contributed by atoms with van der Waals surface area (Å²) >= 11 is 0. The maximum Gasteiger partial charge on any atom is 0.394 e. The summed E-state index contributed by atoms with van der Waals surface area (Å²) < 4.78 is 19.4. The lowest BCUT2D eigenvalue weighted by molar-refractivity contribution is -0.461. The van der Waals surface area contributed by atoms with Gasteiger partial charge in [-0.3, -0.25) is 0 Å². The third-order valence-corrected chi connectivity index (χ3v) is 3.52. The van der Waals surface area contributed by atoms with Crippen molar-refractivity contribution in [3.05, 3.63) is 36.5 Å². The van der Waals surface area contributed by atoms with Crippen LogP contribution >= 0.6 is 0 Å². The van der Waals surface area contributed by atoms with Gasteiger partial charge < -0.3 is 34.6 Å². The number of hydrogen-bond donors (Lipinski definition) is 4. The van der Waals surface area contributed by atoms with Gasteiger partial charge in [-0.25, -0.2) is 19.1 Å². The molecular formula is C18H26O11. The first-order chi connectivity index (χ1) is 13.3. The number of aliphatic hydroxyl groups is 4. The van der Waals surface area contributed by atoms with Crippen LogP contribution in [0.15, 0.2) is 36.5 Å². The minimum absolute atomic E-state index is 0.145. The van der Waals surface area contributed by atoms with Crippen molar-refractivity contribution in [3.63, 3.8) is 0 Å². The highest BCUT2D eigenvalue weighted by Crippen LogP contribution is 2.39. The summed E-state index contributed by atoms with van der Waals surface area (Å²) in [7, 11) is 0. The van der Waals surface area contributed by atoms with Crippen molar-refractivity contribution in [1.29, 1.82) is 0 Å². The van der Waals surface area contributed by atoms with Gasteiger partial charge in [-0.15, -0.1) is 0 Å². The number of esters is 3. The minimum atomic E-state index is -3.16. The molecule has 164 valence electrons. The number of rotatable bonds is 12. The van der Waals surface area contributed by atoms with E-state index in [1.165, 1.54) is 20.8 Å². The van der Waals surface area contributed by atoms with E-state index in [1.54, 1.807) is 0 Å². The Hall–Kier alpha value is -2.57. The van der Waals surface area contributed by atoms with Crippen molar-refractivity contribution in [3.8, 4) is 0 Å². The quantitative estimate of drug-likeness (QED) is 0.179. The second kappa shape index (κ2) is 10.8. The summed E-state index contributed by atoms with van der Waals surface area (Å²) in [6, 6.07) is 0. The fourth-order valence-corrected chi connectivity index (χ4v) is 1.62. The van der Waals surface area contributed by atoms with Crippen molar-refractivity contribution in [2.45, 2.75) is 33.2 Å². The van der Waals surface area contributed by atoms with Gasteiger partial charge in [-0.1, -0.05) is 19.7 Å². The Balaban J connectivity index is 6.46. The smallest absolute Gasteiger partial charge is 0.394 e. The Morgan fingerprint density at radius 2 is 1.14 bits per heavy atom. The largest absolute Gasteiger partial charge is 0.407 e. The van der Waals surface area contributed by atoms with Gasteiger partial charge in [0.2, 0.25) is 0 Å². The average Bonchev–Trinajstić information content (AvgIpc) is 2.62. The molecule has 4 N–H and O–H groups in total. The van der Waals surface area contributed by atoms with Crippen LogP contribution < -0.4 is 0 Å². The molecule has 0 saturated carbocycles. The van der Waals surface area contributed by atoms with E-state index in [4.69, 9.17) is 14.2 Å². The number of carbonyl (C=O) groups excluding carboxylic acids is 3. The summed E-state index contributed by atoms with van der Waals surface area (Å²) in [4.78, 5) is 35.9. The minimum Gasteiger partial charge on any atom is -0.407 e. The molecule has 0 aromatic carbocycles. The van der Waals surface area contributed by atoms with Gasteiger partial charge in [0.15, 0.2) is 0 Å². The molecule has 0 spiro atoms. The van der Waals surface area contributed by atoms with Crippen molar-refractivity contribution in [2.24, 2.45) is 5.41 Å². The molecule has 0 amide bonds. The summed E-state index contributed by atoms with van der Waals surface area (Å²) in [5, 5.41) is 39.3. The second-order valence-electron chi connectivity index (χ2n) is 6.26. The molecule has 0 aromatic heterocycles. The summed E-state index contributed by atoms with van der Waals surface area (Å²) in [6.07, 6.45) is 0. The monoisotopic (exact) mass is 418 g/mol. The first-order valence-electron chi connectivity index (χ1n) is 8.14. The Bertz CT molecular complexity index is 639. The SMILES string of the molecule is C=C(C)C(=O)OC(O)OC(OC(=O)C(=C)C)(OC(=O)C(=C)C)C(CO)(CO)CO. The van der Waals surface area contributed by atoms with Gasteiger partial charge in [0.1, 0.15) is 5.41 Å². The molecule has 0 saturated heterocycles. The van der Waals surface area contributed by atoms with E-state index in [0.717, 1.165) is 0 Å². The van der Waals surface area contributed by atoms with Crippen LogP contribution in [0.4, 0.5) is 0 Å². The molecule has 11 heteroatoms. The third kappa shape index (κ3) is 6.48. The molecule has 0 aromatic rings. The van der Waals surface area contributed by atoms with Gasteiger partial charge in [-0.2, -0.15) is 0 Å². The van der Waals surface area contributed by atoms with E-state index in [1.807, 2.05) is 0 Å². The van der Waals surface area contributed by atoms with Crippen LogP contribution in [0.1, 0.15) is 20.8 Å². The highest BCUT2D eigenvalue weighted by Gasteiger charge is 2.61. The zero-order valence-corrected chi connectivity index (χ0v) is 16.5. The average molecular weight is 418 g/mol. The molecular weight excluding hydrogens is 392 g/mol. The molecule has 11 nitrogen and oxygen atoms in total. The molecule has 0 radical (unpaired) electrons. The zero-order chi connectivity index (χ0) is 23.0.